The van der Waals surface area contributed by atoms with Gasteiger partial charge in [0, 0.05) is 33.1 Å². The first kappa shape index (κ1) is 52.4. The highest BCUT2D eigenvalue weighted by Crippen LogP contribution is 2.59. The summed E-state index contributed by atoms with van der Waals surface area (Å²) in [6.45, 7) is 19.2. The van der Waals surface area contributed by atoms with Crippen LogP contribution in [0.3, 0.4) is 0 Å². The third kappa shape index (κ3) is 8.41. The van der Waals surface area contributed by atoms with Gasteiger partial charge in [0.15, 0.2) is 0 Å². The minimum absolute atomic E-state index is 0.0872. The van der Waals surface area contributed by atoms with E-state index >= 15 is 0 Å². The minimum Gasteiger partial charge on any atom is -0.244 e. The maximum atomic E-state index is 5.42. The maximum Gasteiger partial charge on any atom is 0.0979 e. The third-order valence-electron chi connectivity index (χ3n) is 19.4. The molecular formula is C80H66N4. The van der Waals surface area contributed by atoms with Crippen molar-refractivity contribution in [3.05, 3.63) is 277 Å². The van der Waals surface area contributed by atoms with Crippen LogP contribution >= 0.6 is 0 Å². The van der Waals surface area contributed by atoms with Gasteiger partial charge in [-0.3, -0.25) is 0 Å². The van der Waals surface area contributed by atoms with Gasteiger partial charge in [-0.25, -0.2) is 19.9 Å². The number of para-hydroxylation sites is 2. The molecule has 0 saturated heterocycles. The molecule has 0 spiro atoms. The van der Waals surface area contributed by atoms with Crippen molar-refractivity contribution in [3.8, 4) is 89.5 Å². The number of hydrogen-bond donors (Lipinski definition) is 0. The van der Waals surface area contributed by atoms with Gasteiger partial charge >= 0.3 is 0 Å². The first-order valence-electron chi connectivity index (χ1n) is 29.5. The zero-order valence-corrected chi connectivity index (χ0v) is 49.0. The monoisotopic (exact) mass is 1080 g/mol. The van der Waals surface area contributed by atoms with Gasteiger partial charge in [-0.1, -0.05) is 280 Å². The van der Waals surface area contributed by atoms with Crippen LogP contribution in [-0.4, -0.2) is 19.9 Å². The first-order valence-corrected chi connectivity index (χ1v) is 29.5. The molecule has 0 unspecified atom stereocenters. The molecule has 13 aromatic rings. The first-order chi connectivity index (χ1) is 40.7. The summed E-state index contributed by atoms with van der Waals surface area (Å²) in [5, 5.41) is 2.29. The summed E-state index contributed by atoms with van der Waals surface area (Å²) in [5.41, 5.74) is 26.9. The van der Waals surface area contributed by atoms with Gasteiger partial charge < -0.3 is 0 Å². The largest absolute Gasteiger partial charge is 0.244 e. The van der Waals surface area contributed by atoms with E-state index in [1.165, 1.54) is 72.1 Å². The van der Waals surface area contributed by atoms with Crippen molar-refractivity contribution < 1.29 is 0 Å². The minimum atomic E-state index is -0.113. The van der Waals surface area contributed by atoms with Crippen molar-refractivity contribution in [1.82, 2.24) is 19.9 Å². The Morgan fingerprint density at radius 1 is 0.250 bits per heavy atom. The fourth-order valence-electron chi connectivity index (χ4n) is 13.5. The van der Waals surface area contributed by atoms with E-state index in [4.69, 9.17) is 19.9 Å². The lowest BCUT2D eigenvalue weighted by Gasteiger charge is -2.49. The Kier molecular flexibility index (Phi) is 12.5. The van der Waals surface area contributed by atoms with Gasteiger partial charge in [0.25, 0.3) is 0 Å². The van der Waals surface area contributed by atoms with E-state index in [1.54, 1.807) is 0 Å². The third-order valence-corrected chi connectivity index (χ3v) is 19.4. The Labute approximate surface area is 493 Å². The second kappa shape index (κ2) is 20.1. The van der Waals surface area contributed by atoms with Crippen LogP contribution in [0.5, 0.6) is 0 Å². The van der Waals surface area contributed by atoms with Crippen molar-refractivity contribution in [2.24, 2.45) is 0 Å². The van der Waals surface area contributed by atoms with Crippen LogP contribution in [0.2, 0.25) is 0 Å². The van der Waals surface area contributed by atoms with E-state index in [-0.39, 0.29) is 21.7 Å². The number of rotatable bonds is 6. The van der Waals surface area contributed by atoms with Crippen LogP contribution in [0.25, 0.3) is 122 Å². The van der Waals surface area contributed by atoms with Crippen LogP contribution in [0, 0.1) is 0 Å². The lowest BCUT2D eigenvalue weighted by atomic mass is 9.54. The molecule has 0 atom stereocenters. The second-order valence-corrected chi connectivity index (χ2v) is 24.9. The fourth-order valence-corrected chi connectivity index (χ4v) is 13.5. The molecule has 0 fully saturated rings. The van der Waals surface area contributed by atoms with E-state index in [0.717, 1.165) is 72.5 Å². The Balaban J connectivity index is 0.000000150. The topological polar surface area (TPSA) is 51.6 Å². The summed E-state index contributed by atoms with van der Waals surface area (Å²) < 4.78 is 0. The summed E-state index contributed by atoms with van der Waals surface area (Å²) in [6, 6.07) is 90.8. The van der Waals surface area contributed by atoms with Crippen LogP contribution in [-0.2, 0) is 21.7 Å². The molecule has 4 heteroatoms. The molecule has 2 heterocycles. The average Bonchev–Trinajstić information content (AvgIpc) is 0.817. The molecule has 15 rings (SSSR count). The van der Waals surface area contributed by atoms with Gasteiger partial charge in [-0.2, -0.15) is 0 Å². The molecule has 11 aromatic carbocycles. The van der Waals surface area contributed by atoms with Crippen molar-refractivity contribution in [2.45, 2.75) is 77.0 Å². The molecule has 4 nitrogen and oxygen atoms in total. The smallest absolute Gasteiger partial charge is 0.0979 e. The van der Waals surface area contributed by atoms with E-state index in [9.17, 15) is 0 Å². The summed E-state index contributed by atoms with van der Waals surface area (Å²) >= 11 is 0. The zero-order valence-electron chi connectivity index (χ0n) is 49.0. The highest BCUT2D eigenvalue weighted by Gasteiger charge is 2.48. The lowest BCUT2D eigenvalue weighted by Crippen LogP contribution is -2.44. The highest BCUT2D eigenvalue weighted by atomic mass is 14.8. The lowest BCUT2D eigenvalue weighted by molar-refractivity contribution is 0.299. The van der Waals surface area contributed by atoms with Crippen molar-refractivity contribution in [3.63, 3.8) is 0 Å². The molecule has 0 bridgehead atoms. The van der Waals surface area contributed by atoms with Gasteiger partial charge in [-0.05, 0) is 119 Å². The van der Waals surface area contributed by atoms with Crippen molar-refractivity contribution in [2.75, 3.05) is 0 Å². The molecule has 0 amide bonds. The molecular weight excluding hydrogens is 1020 g/mol. The number of hydrogen-bond acceptors (Lipinski definition) is 4. The predicted octanol–water partition coefficient (Wildman–Crippen LogP) is 20.9. The normalized spacial score (nSPS) is 14.8. The number of fused-ring (bicyclic) bond motifs is 10. The van der Waals surface area contributed by atoms with Gasteiger partial charge in [-0.15, -0.1) is 0 Å². The van der Waals surface area contributed by atoms with E-state index in [0.29, 0.717) is 0 Å². The van der Waals surface area contributed by atoms with Crippen LogP contribution in [0.4, 0.5) is 0 Å². The molecule has 84 heavy (non-hydrogen) atoms. The summed E-state index contributed by atoms with van der Waals surface area (Å²) in [4.78, 5) is 21.2. The molecule has 406 valence electrons. The molecule has 0 aliphatic heterocycles. The van der Waals surface area contributed by atoms with Gasteiger partial charge in [0.2, 0.25) is 0 Å². The molecule has 2 aliphatic carbocycles. The Morgan fingerprint density at radius 2 is 0.750 bits per heavy atom. The molecule has 0 radical (unpaired) electrons. The van der Waals surface area contributed by atoms with Crippen LogP contribution in [0.1, 0.15) is 77.6 Å². The van der Waals surface area contributed by atoms with E-state index in [2.05, 4.69) is 286 Å². The molecule has 2 aromatic heterocycles. The van der Waals surface area contributed by atoms with Gasteiger partial charge in [0.05, 0.1) is 44.8 Å². The fraction of sp³-hybridized carbons (Fsp3) is 0.150. The molecule has 2 aliphatic rings. The van der Waals surface area contributed by atoms with Gasteiger partial charge in [0.1, 0.15) is 0 Å². The SMILES string of the molecule is CC1(C)c2cc(-c3ccccc3)ccc2-c2c(-c3nc4ccccc4nc3-c3ccccc3)cccc2C1(C)C.CC1(C)c2ccc(-c3nc4c(ccc5ccccc54)nc3-c3ccccc3)cc2-c2cccc(-c3ccccc3)c2C1(C)C. The molecule has 0 saturated carbocycles. The Hall–Kier alpha value is -9.64. The second-order valence-electron chi connectivity index (χ2n) is 24.9. The summed E-state index contributed by atoms with van der Waals surface area (Å²) in [6.07, 6.45) is 0. The number of aromatic nitrogens is 4. The van der Waals surface area contributed by atoms with E-state index < -0.39 is 0 Å². The standard InChI is InChI=1S/C42H34N2.C38H32N2/c1-41(2)35-24-22-30(26-34(35)33-21-13-20-31(37(33)42(41,3)4)27-14-7-5-8-15-27)39-38(29-17-9-6-10-18-29)43-36-25-23-28-16-11-12-19-32(28)40(36)44-39;1-37(2)30-19-13-18-29(36-35(26-16-9-6-10-17-26)39-32-20-11-12-21-33(32)40-36)34(30)28-23-22-27(24-31(28)38(37,3)4)25-14-7-5-8-15-25/h5-26H,1-4H3;5-24H,1-4H3. The Bertz CT molecular complexity index is 4690. The zero-order chi connectivity index (χ0) is 57.5. The quantitative estimate of drug-likeness (QED) is 0.156. The molecule has 0 N–H and O–H groups in total. The summed E-state index contributed by atoms with van der Waals surface area (Å²) in [7, 11) is 0. The predicted molar refractivity (Wildman–Crippen MR) is 352 cm³/mol. The van der Waals surface area contributed by atoms with Crippen molar-refractivity contribution in [1.29, 1.82) is 0 Å². The highest BCUT2D eigenvalue weighted by molar-refractivity contribution is 6.06. The van der Waals surface area contributed by atoms with Crippen LogP contribution in [0.15, 0.2) is 255 Å². The maximum absolute atomic E-state index is 5.42. The van der Waals surface area contributed by atoms with E-state index in [1.807, 2.05) is 24.3 Å². The Morgan fingerprint density at radius 3 is 1.43 bits per heavy atom. The number of nitrogens with zero attached hydrogens (tertiary/aromatic N) is 4. The van der Waals surface area contributed by atoms with Crippen molar-refractivity contribution >= 4 is 32.8 Å². The van der Waals surface area contributed by atoms with Crippen LogP contribution < -0.4 is 0 Å². The number of benzene rings is 11. The average molecular weight is 1080 g/mol. The summed E-state index contributed by atoms with van der Waals surface area (Å²) in [5.74, 6) is 0.